The number of para-hydroxylation sites is 1. The molecule has 0 spiro atoms. The van der Waals surface area contributed by atoms with Gasteiger partial charge in [-0.2, -0.15) is 0 Å². The number of amides is 1. The summed E-state index contributed by atoms with van der Waals surface area (Å²) in [6.45, 7) is 4.33. The van der Waals surface area contributed by atoms with Crippen molar-refractivity contribution in [2.24, 2.45) is 0 Å². The molecule has 1 aromatic heterocycles. The van der Waals surface area contributed by atoms with Crippen LogP contribution in [0.25, 0.3) is 11.4 Å². The molecule has 0 saturated heterocycles. The first-order valence-corrected chi connectivity index (χ1v) is 9.89. The number of carbonyl (C=O) groups is 1. The first kappa shape index (κ1) is 20.5. The lowest BCUT2D eigenvalue weighted by molar-refractivity contribution is -0.113. The van der Waals surface area contributed by atoms with Gasteiger partial charge in [-0.1, -0.05) is 36.0 Å². The van der Waals surface area contributed by atoms with Crippen molar-refractivity contribution in [3.8, 4) is 22.9 Å². The van der Waals surface area contributed by atoms with E-state index in [1.807, 2.05) is 47.0 Å². The Balaban J connectivity index is 1.74. The summed E-state index contributed by atoms with van der Waals surface area (Å²) in [6.07, 6.45) is 1.77. The molecule has 1 amide bonds. The van der Waals surface area contributed by atoms with Gasteiger partial charge in [0.25, 0.3) is 0 Å². The number of hydrogen-bond donors (Lipinski definition) is 1. The third-order valence-electron chi connectivity index (χ3n) is 4.06. The fourth-order valence-corrected chi connectivity index (χ4v) is 3.49. The predicted octanol–water partition coefficient (Wildman–Crippen LogP) is 3.88. The van der Waals surface area contributed by atoms with E-state index in [4.69, 9.17) is 9.47 Å². The fourth-order valence-electron chi connectivity index (χ4n) is 2.75. The molecule has 0 saturated carbocycles. The number of anilines is 1. The highest BCUT2D eigenvalue weighted by Crippen LogP contribution is 2.31. The minimum atomic E-state index is -0.143. The fraction of sp³-hybridized carbons (Fsp3) is 0.190. The van der Waals surface area contributed by atoms with Gasteiger partial charge in [-0.15, -0.1) is 16.8 Å². The van der Waals surface area contributed by atoms with Crippen LogP contribution in [0.1, 0.15) is 0 Å². The van der Waals surface area contributed by atoms with E-state index in [9.17, 15) is 4.79 Å². The Morgan fingerprint density at radius 1 is 1.17 bits per heavy atom. The molecule has 29 heavy (non-hydrogen) atoms. The molecule has 3 rings (SSSR count). The summed E-state index contributed by atoms with van der Waals surface area (Å²) in [5.74, 6) is 2.10. The SMILES string of the molecule is C=CCn1c(SCC(=O)Nc2cccc(OC)c2)nnc1-c1ccccc1OC. The molecule has 1 N–H and O–H groups in total. The van der Waals surface area contributed by atoms with Gasteiger partial charge in [0.1, 0.15) is 11.5 Å². The van der Waals surface area contributed by atoms with Crippen LogP contribution >= 0.6 is 11.8 Å². The number of nitrogens with one attached hydrogen (secondary N) is 1. The summed E-state index contributed by atoms with van der Waals surface area (Å²) >= 11 is 1.31. The van der Waals surface area contributed by atoms with E-state index in [0.29, 0.717) is 34.7 Å². The molecular formula is C21H22N4O3S. The van der Waals surface area contributed by atoms with E-state index >= 15 is 0 Å². The molecule has 0 aliphatic rings. The Morgan fingerprint density at radius 2 is 2.00 bits per heavy atom. The molecule has 0 fully saturated rings. The van der Waals surface area contributed by atoms with Crippen molar-refractivity contribution in [1.82, 2.24) is 14.8 Å². The summed E-state index contributed by atoms with van der Waals surface area (Å²) in [6, 6.07) is 14.8. The van der Waals surface area contributed by atoms with E-state index in [0.717, 1.165) is 5.56 Å². The lowest BCUT2D eigenvalue weighted by Gasteiger charge is -2.11. The van der Waals surface area contributed by atoms with Gasteiger partial charge in [0.15, 0.2) is 11.0 Å². The van der Waals surface area contributed by atoms with Crippen LogP contribution in [0.3, 0.4) is 0 Å². The second kappa shape index (κ2) is 9.79. The van der Waals surface area contributed by atoms with E-state index in [1.54, 1.807) is 26.4 Å². The number of benzene rings is 2. The molecule has 3 aromatic rings. The maximum Gasteiger partial charge on any atom is 0.234 e. The van der Waals surface area contributed by atoms with Crippen LogP contribution in [-0.2, 0) is 11.3 Å². The van der Waals surface area contributed by atoms with Gasteiger partial charge in [0.05, 0.1) is 25.5 Å². The average molecular weight is 410 g/mol. The van der Waals surface area contributed by atoms with Gasteiger partial charge in [-0.25, -0.2) is 0 Å². The van der Waals surface area contributed by atoms with Crippen LogP contribution in [0.5, 0.6) is 11.5 Å². The van der Waals surface area contributed by atoms with Gasteiger partial charge < -0.3 is 14.8 Å². The van der Waals surface area contributed by atoms with Crippen molar-refractivity contribution in [1.29, 1.82) is 0 Å². The van der Waals surface area contributed by atoms with Crippen molar-refractivity contribution >= 4 is 23.4 Å². The summed E-state index contributed by atoms with van der Waals surface area (Å²) in [5.41, 5.74) is 1.51. The monoisotopic (exact) mass is 410 g/mol. The average Bonchev–Trinajstić information content (AvgIpc) is 3.15. The smallest absolute Gasteiger partial charge is 0.234 e. The highest BCUT2D eigenvalue weighted by molar-refractivity contribution is 7.99. The summed E-state index contributed by atoms with van der Waals surface area (Å²) in [5, 5.41) is 12.1. The molecular weight excluding hydrogens is 388 g/mol. The second-order valence-corrected chi connectivity index (χ2v) is 6.92. The molecule has 0 aliphatic heterocycles. The standard InChI is InChI=1S/C21H22N4O3S/c1-4-12-25-20(17-10-5-6-11-18(17)28-3)23-24-21(25)29-14-19(26)22-15-8-7-9-16(13-15)27-2/h4-11,13H,1,12,14H2,2-3H3,(H,22,26). The zero-order valence-electron chi connectivity index (χ0n) is 16.3. The van der Waals surface area contributed by atoms with E-state index in [1.165, 1.54) is 11.8 Å². The molecule has 150 valence electrons. The van der Waals surface area contributed by atoms with Crippen molar-refractivity contribution in [3.63, 3.8) is 0 Å². The van der Waals surface area contributed by atoms with Gasteiger partial charge in [-0.05, 0) is 24.3 Å². The highest BCUT2D eigenvalue weighted by Gasteiger charge is 2.17. The van der Waals surface area contributed by atoms with E-state index in [-0.39, 0.29) is 11.7 Å². The minimum Gasteiger partial charge on any atom is -0.497 e. The molecule has 1 heterocycles. The maximum absolute atomic E-state index is 12.4. The third kappa shape index (κ3) is 4.97. The number of nitrogens with zero attached hydrogens (tertiary/aromatic N) is 3. The molecule has 0 bridgehead atoms. The summed E-state index contributed by atoms with van der Waals surface area (Å²) in [4.78, 5) is 12.4. The molecule has 7 nitrogen and oxygen atoms in total. The first-order valence-electron chi connectivity index (χ1n) is 8.90. The van der Waals surface area contributed by atoms with Crippen molar-refractivity contribution < 1.29 is 14.3 Å². The Kier molecular flexibility index (Phi) is 6.91. The maximum atomic E-state index is 12.4. The number of allylic oxidation sites excluding steroid dienone is 1. The Bertz CT molecular complexity index is 1000. The number of methoxy groups -OCH3 is 2. The number of thioether (sulfide) groups is 1. The van der Waals surface area contributed by atoms with Crippen LogP contribution < -0.4 is 14.8 Å². The largest absolute Gasteiger partial charge is 0.497 e. The molecule has 8 heteroatoms. The number of carbonyl (C=O) groups excluding carboxylic acids is 1. The Labute approximate surface area is 173 Å². The quantitative estimate of drug-likeness (QED) is 0.426. The topological polar surface area (TPSA) is 78.3 Å². The normalized spacial score (nSPS) is 10.4. The first-order chi connectivity index (χ1) is 14.2. The molecule has 0 unspecified atom stereocenters. The lowest BCUT2D eigenvalue weighted by Crippen LogP contribution is -2.14. The molecule has 0 radical (unpaired) electrons. The molecule has 2 aromatic carbocycles. The van der Waals surface area contributed by atoms with Crippen LogP contribution in [0.2, 0.25) is 0 Å². The van der Waals surface area contributed by atoms with Gasteiger partial charge in [-0.3, -0.25) is 9.36 Å². The van der Waals surface area contributed by atoms with Crippen LogP contribution in [-0.4, -0.2) is 40.6 Å². The number of rotatable bonds is 9. The van der Waals surface area contributed by atoms with Gasteiger partial charge >= 0.3 is 0 Å². The number of aromatic nitrogens is 3. The highest BCUT2D eigenvalue weighted by atomic mass is 32.2. The number of ether oxygens (including phenoxy) is 2. The van der Waals surface area contributed by atoms with Crippen molar-refractivity contribution in [2.75, 3.05) is 25.3 Å². The lowest BCUT2D eigenvalue weighted by atomic mass is 10.2. The summed E-state index contributed by atoms with van der Waals surface area (Å²) in [7, 11) is 3.20. The van der Waals surface area contributed by atoms with E-state index in [2.05, 4.69) is 22.1 Å². The van der Waals surface area contributed by atoms with Crippen molar-refractivity contribution in [2.45, 2.75) is 11.7 Å². The zero-order valence-corrected chi connectivity index (χ0v) is 17.1. The zero-order chi connectivity index (χ0) is 20.6. The van der Waals surface area contributed by atoms with E-state index < -0.39 is 0 Å². The Morgan fingerprint density at radius 3 is 2.76 bits per heavy atom. The third-order valence-corrected chi connectivity index (χ3v) is 5.03. The minimum absolute atomic E-state index is 0.143. The predicted molar refractivity (Wildman–Crippen MR) is 115 cm³/mol. The van der Waals surface area contributed by atoms with Crippen molar-refractivity contribution in [3.05, 3.63) is 61.2 Å². The second-order valence-electron chi connectivity index (χ2n) is 5.97. The van der Waals surface area contributed by atoms with Crippen LogP contribution in [0.4, 0.5) is 5.69 Å². The molecule has 0 atom stereocenters. The number of hydrogen-bond acceptors (Lipinski definition) is 6. The Hall–Kier alpha value is -3.26. The van der Waals surface area contributed by atoms with Gasteiger partial charge in [0.2, 0.25) is 5.91 Å². The van der Waals surface area contributed by atoms with Crippen LogP contribution in [0.15, 0.2) is 66.3 Å². The summed E-state index contributed by atoms with van der Waals surface area (Å²) < 4.78 is 12.5. The van der Waals surface area contributed by atoms with Crippen LogP contribution in [0, 0.1) is 0 Å². The van der Waals surface area contributed by atoms with Gasteiger partial charge in [0, 0.05) is 18.3 Å². The molecule has 0 aliphatic carbocycles.